The van der Waals surface area contributed by atoms with E-state index < -0.39 is 0 Å². The van der Waals surface area contributed by atoms with Crippen LogP contribution in [-0.2, 0) is 4.79 Å². The van der Waals surface area contributed by atoms with Gasteiger partial charge in [-0.15, -0.1) is 0 Å². The first-order valence-corrected chi connectivity index (χ1v) is 3.99. The molecule has 3 rings (SSSR count). The fourth-order valence-corrected chi connectivity index (χ4v) is 2.25. The number of hydrogen-bond acceptors (Lipinski definition) is 1. The van der Waals surface area contributed by atoms with Gasteiger partial charge in [-0.05, 0) is 32.1 Å². The molecule has 2 heteroatoms. The third-order valence-corrected chi connectivity index (χ3v) is 2.70. The predicted octanol–water partition coefficient (Wildman–Crippen LogP) is 1.07. The van der Waals surface area contributed by atoms with E-state index in [4.69, 9.17) is 0 Å². The Morgan fingerprint density at radius 1 is 1.60 bits per heavy atom. The molecular weight excluding hydrogens is 126 g/mol. The average Bonchev–Trinajstić information content (AvgIpc) is 1.94. The molecule has 1 aliphatic carbocycles. The third kappa shape index (κ3) is 0.825. The van der Waals surface area contributed by atoms with E-state index in [0.717, 1.165) is 18.8 Å². The number of amides is 1. The Morgan fingerprint density at radius 2 is 2.30 bits per heavy atom. The molecule has 0 spiro atoms. The van der Waals surface area contributed by atoms with Crippen molar-refractivity contribution in [2.24, 2.45) is 5.92 Å². The topological polar surface area (TPSA) is 29.1 Å². The number of nitrogens with one attached hydrogen (secondary N) is 1. The lowest BCUT2D eigenvalue weighted by Gasteiger charge is -2.43. The van der Waals surface area contributed by atoms with Gasteiger partial charge in [-0.3, -0.25) is 4.79 Å². The van der Waals surface area contributed by atoms with Crippen LogP contribution in [0.1, 0.15) is 32.6 Å². The molecular formula is C8H13NO. The average molecular weight is 139 g/mol. The summed E-state index contributed by atoms with van der Waals surface area (Å²) in [6.07, 6.45) is 4.28. The van der Waals surface area contributed by atoms with Crippen molar-refractivity contribution in [2.75, 3.05) is 0 Å². The van der Waals surface area contributed by atoms with Crippen LogP contribution in [0.3, 0.4) is 0 Å². The number of fused-ring (bicyclic) bond motifs is 3. The van der Waals surface area contributed by atoms with E-state index >= 15 is 0 Å². The maximum absolute atomic E-state index is 11.0. The molecule has 1 saturated carbocycles. The van der Waals surface area contributed by atoms with E-state index in [2.05, 4.69) is 12.2 Å². The highest BCUT2D eigenvalue weighted by molar-refractivity contribution is 5.77. The maximum Gasteiger partial charge on any atom is 0.220 e. The van der Waals surface area contributed by atoms with Crippen molar-refractivity contribution in [1.29, 1.82) is 0 Å². The lowest BCUT2D eigenvalue weighted by Crippen LogP contribution is -2.52. The minimum atomic E-state index is 0.179. The zero-order valence-corrected chi connectivity index (χ0v) is 6.31. The summed E-state index contributed by atoms with van der Waals surface area (Å²) in [7, 11) is 0. The summed E-state index contributed by atoms with van der Waals surface area (Å²) in [5.74, 6) is 1.09. The maximum atomic E-state index is 11.0. The SMILES string of the molecule is CC12CC(CCC(=O)N1)C2. The molecule has 0 atom stereocenters. The van der Waals surface area contributed by atoms with Crippen LogP contribution in [0, 0.1) is 5.92 Å². The van der Waals surface area contributed by atoms with Crippen molar-refractivity contribution in [3.05, 3.63) is 0 Å². The van der Waals surface area contributed by atoms with Gasteiger partial charge in [0.05, 0.1) is 0 Å². The Balaban J connectivity index is 2.12. The quantitative estimate of drug-likeness (QED) is 0.534. The van der Waals surface area contributed by atoms with Crippen molar-refractivity contribution in [2.45, 2.75) is 38.1 Å². The molecule has 3 aliphatic rings. The van der Waals surface area contributed by atoms with E-state index in [0.29, 0.717) is 0 Å². The fraction of sp³-hybridized carbons (Fsp3) is 0.875. The van der Waals surface area contributed by atoms with Crippen LogP contribution >= 0.6 is 0 Å². The van der Waals surface area contributed by atoms with Gasteiger partial charge in [0.25, 0.3) is 0 Å². The highest BCUT2D eigenvalue weighted by atomic mass is 16.1. The molecule has 2 saturated heterocycles. The predicted molar refractivity (Wildman–Crippen MR) is 38.5 cm³/mol. The third-order valence-electron chi connectivity index (χ3n) is 2.70. The number of carbonyl (C=O) groups is 1. The Hall–Kier alpha value is -0.530. The molecule has 0 unspecified atom stereocenters. The lowest BCUT2D eigenvalue weighted by atomic mass is 9.69. The second-order valence-electron chi connectivity index (χ2n) is 3.92. The van der Waals surface area contributed by atoms with Gasteiger partial charge in [-0.2, -0.15) is 0 Å². The molecule has 0 aromatic rings. The van der Waals surface area contributed by atoms with Gasteiger partial charge in [0, 0.05) is 12.0 Å². The number of hydrogen-bond donors (Lipinski definition) is 1. The summed E-state index contributed by atoms with van der Waals surface area (Å²) < 4.78 is 0. The molecule has 0 radical (unpaired) electrons. The molecule has 2 bridgehead atoms. The molecule has 2 heterocycles. The van der Waals surface area contributed by atoms with Gasteiger partial charge in [-0.1, -0.05) is 0 Å². The van der Waals surface area contributed by atoms with E-state index in [1.807, 2.05) is 0 Å². The summed E-state index contributed by atoms with van der Waals surface area (Å²) in [6, 6.07) is 0. The minimum absolute atomic E-state index is 0.179. The van der Waals surface area contributed by atoms with E-state index in [1.54, 1.807) is 0 Å². The van der Waals surface area contributed by atoms with Gasteiger partial charge < -0.3 is 5.32 Å². The van der Waals surface area contributed by atoms with Gasteiger partial charge >= 0.3 is 0 Å². The summed E-state index contributed by atoms with van der Waals surface area (Å²) in [5, 5.41) is 3.05. The summed E-state index contributed by atoms with van der Waals surface area (Å²) in [6.45, 7) is 2.15. The zero-order valence-electron chi connectivity index (χ0n) is 6.31. The van der Waals surface area contributed by atoms with Gasteiger partial charge in [0.1, 0.15) is 0 Å². The lowest BCUT2D eigenvalue weighted by molar-refractivity contribution is -0.122. The van der Waals surface area contributed by atoms with Crippen molar-refractivity contribution < 1.29 is 4.79 Å². The summed E-state index contributed by atoms with van der Waals surface area (Å²) >= 11 is 0. The zero-order chi connectivity index (χ0) is 7.19. The smallest absolute Gasteiger partial charge is 0.220 e. The first kappa shape index (κ1) is 6.20. The van der Waals surface area contributed by atoms with Crippen LogP contribution in [0.25, 0.3) is 0 Å². The molecule has 0 aromatic carbocycles. The molecule has 0 aromatic heterocycles. The van der Waals surface area contributed by atoms with E-state index in [1.165, 1.54) is 12.8 Å². The standard InChI is InChI=1S/C8H13NO/c1-8-4-6(5-8)2-3-7(10)9-8/h6H,2-5H2,1H3,(H,9,10). The highest BCUT2D eigenvalue weighted by Gasteiger charge is 2.43. The summed E-state index contributed by atoms with van der Waals surface area (Å²) in [4.78, 5) is 11.0. The first-order chi connectivity index (χ1) is 4.68. The first-order valence-electron chi connectivity index (χ1n) is 3.99. The second kappa shape index (κ2) is 1.74. The van der Waals surface area contributed by atoms with Crippen LogP contribution < -0.4 is 5.32 Å². The Morgan fingerprint density at radius 3 is 3.00 bits per heavy atom. The van der Waals surface area contributed by atoms with Crippen molar-refractivity contribution in [1.82, 2.24) is 5.32 Å². The number of rotatable bonds is 0. The molecule has 2 nitrogen and oxygen atoms in total. The van der Waals surface area contributed by atoms with Crippen LogP contribution in [-0.4, -0.2) is 11.4 Å². The Kier molecular flexibility index (Phi) is 1.08. The van der Waals surface area contributed by atoms with Crippen LogP contribution in [0.2, 0.25) is 0 Å². The monoisotopic (exact) mass is 139 g/mol. The molecule has 3 fully saturated rings. The number of carbonyl (C=O) groups excluding carboxylic acids is 1. The fourth-order valence-electron chi connectivity index (χ4n) is 2.25. The Bertz CT molecular complexity index is 170. The summed E-state index contributed by atoms with van der Waals surface area (Å²) in [5.41, 5.74) is 0.179. The Labute approximate surface area is 61.0 Å². The van der Waals surface area contributed by atoms with Crippen LogP contribution in [0.4, 0.5) is 0 Å². The molecule has 10 heavy (non-hydrogen) atoms. The van der Waals surface area contributed by atoms with Gasteiger partial charge in [-0.25, -0.2) is 0 Å². The van der Waals surface area contributed by atoms with Gasteiger partial charge in [0.15, 0.2) is 0 Å². The van der Waals surface area contributed by atoms with Crippen molar-refractivity contribution >= 4 is 5.91 Å². The highest BCUT2D eigenvalue weighted by Crippen LogP contribution is 2.42. The molecule has 56 valence electrons. The van der Waals surface area contributed by atoms with Crippen LogP contribution in [0.15, 0.2) is 0 Å². The minimum Gasteiger partial charge on any atom is -0.351 e. The molecule has 2 aliphatic heterocycles. The van der Waals surface area contributed by atoms with E-state index in [9.17, 15) is 4.79 Å². The molecule has 1 N–H and O–H groups in total. The van der Waals surface area contributed by atoms with E-state index in [-0.39, 0.29) is 11.4 Å². The van der Waals surface area contributed by atoms with Crippen molar-refractivity contribution in [3.8, 4) is 0 Å². The van der Waals surface area contributed by atoms with Crippen molar-refractivity contribution in [3.63, 3.8) is 0 Å². The van der Waals surface area contributed by atoms with Gasteiger partial charge in [0.2, 0.25) is 5.91 Å². The normalized spacial score (nSPS) is 45.3. The second-order valence-corrected chi connectivity index (χ2v) is 3.92. The largest absolute Gasteiger partial charge is 0.351 e. The van der Waals surface area contributed by atoms with Crippen LogP contribution in [0.5, 0.6) is 0 Å². The molecule has 1 amide bonds.